The number of carbonyl (C=O) groups excluding carboxylic acids is 1. The van der Waals surface area contributed by atoms with Crippen molar-refractivity contribution in [2.75, 3.05) is 13.7 Å². The molecule has 0 aliphatic carbocycles. The van der Waals surface area contributed by atoms with Crippen LogP contribution in [-0.2, 0) is 11.0 Å². The van der Waals surface area contributed by atoms with Crippen molar-refractivity contribution >= 4 is 5.91 Å². The van der Waals surface area contributed by atoms with Crippen molar-refractivity contribution in [2.24, 2.45) is 0 Å². The molecule has 1 atom stereocenters. The van der Waals surface area contributed by atoms with E-state index in [1.54, 1.807) is 7.05 Å². The van der Waals surface area contributed by atoms with Gasteiger partial charge in [0, 0.05) is 7.05 Å². The Morgan fingerprint density at radius 3 is 2.29 bits per heavy atom. The highest BCUT2D eigenvalue weighted by Crippen LogP contribution is 2.35. The van der Waals surface area contributed by atoms with Crippen LogP contribution < -0.4 is 4.74 Å². The first-order chi connectivity index (χ1) is 11.3. The van der Waals surface area contributed by atoms with Crippen LogP contribution in [0.4, 0.5) is 13.2 Å². The average Bonchev–Trinajstić information content (AvgIpc) is 2.58. The minimum Gasteiger partial charge on any atom is -0.483 e. The van der Waals surface area contributed by atoms with Crippen molar-refractivity contribution in [2.45, 2.75) is 19.1 Å². The lowest BCUT2D eigenvalue weighted by molar-refractivity contribution is -0.141. The van der Waals surface area contributed by atoms with Gasteiger partial charge in [-0.3, -0.25) is 4.79 Å². The number of alkyl halides is 3. The first-order valence-electron chi connectivity index (χ1n) is 7.40. The highest BCUT2D eigenvalue weighted by Gasteiger charge is 2.34. The van der Waals surface area contributed by atoms with E-state index in [1.807, 2.05) is 37.3 Å². The molecule has 0 fully saturated rings. The maximum atomic E-state index is 12.9. The number of likely N-dealkylation sites (N-methyl/N-ethyl adjacent to an activating group) is 1. The van der Waals surface area contributed by atoms with Gasteiger partial charge in [-0.15, -0.1) is 0 Å². The predicted molar refractivity (Wildman–Crippen MR) is 84.6 cm³/mol. The zero-order valence-corrected chi connectivity index (χ0v) is 13.4. The molecule has 128 valence electrons. The van der Waals surface area contributed by atoms with Crippen molar-refractivity contribution in [1.82, 2.24) is 4.90 Å². The normalized spacial score (nSPS) is 12.5. The van der Waals surface area contributed by atoms with E-state index in [0.29, 0.717) is 0 Å². The molecule has 0 aliphatic heterocycles. The third kappa shape index (κ3) is 4.28. The summed E-state index contributed by atoms with van der Waals surface area (Å²) >= 11 is 0. The second-order valence-corrected chi connectivity index (χ2v) is 5.37. The van der Waals surface area contributed by atoms with Crippen molar-refractivity contribution in [3.8, 4) is 5.75 Å². The zero-order chi connectivity index (χ0) is 17.7. The summed E-state index contributed by atoms with van der Waals surface area (Å²) in [6, 6.07) is 14.0. The van der Waals surface area contributed by atoms with Gasteiger partial charge < -0.3 is 9.64 Å². The molecule has 0 saturated carbocycles. The Balaban J connectivity index is 2.04. The number of para-hydroxylation sites is 1. The number of rotatable bonds is 5. The van der Waals surface area contributed by atoms with Gasteiger partial charge in [0.1, 0.15) is 5.75 Å². The van der Waals surface area contributed by atoms with Crippen LogP contribution in [0.1, 0.15) is 24.1 Å². The predicted octanol–water partition coefficient (Wildman–Crippen LogP) is 4.30. The third-order valence-corrected chi connectivity index (χ3v) is 3.80. The minimum absolute atomic E-state index is 0.208. The Morgan fingerprint density at radius 1 is 1.08 bits per heavy atom. The fourth-order valence-electron chi connectivity index (χ4n) is 2.24. The minimum atomic E-state index is -4.52. The van der Waals surface area contributed by atoms with Crippen LogP contribution in [-0.4, -0.2) is 24.5 Å². The standard InChI is InChI=1S/C18H18F3NO2/c1-13(14-8-4-3-5-9-14)22(2)17(23)12-24-16-11-7-6-10-15(16)18(19,20)21/h3-11,13H,12H2,1-2H3. The number of ether oxygens (including phenoxy) is 1. The van der Waals surface area contributed by atoms with Crippen LogP contribution in [0, 0.1) is 0 Å². The van der Waals surface area contributed by atoms with Gasteiger partial charge in [-0.1, -0.05) is 42.5 Å². The van der Waals surface area contributed by atoms with E-state index in [9.17, 15) is 18.0 Å². The molecule has 6 heteroatoms. The zero-order valence-electron chi connectivity index (χ0n) is 13.4. The summed E-state index contributed by atoms with van der Waals surface area (Å²) in [6.45, 7) is 1.39. The summed E-state index contributed by atoms with van der Waals surface area (Å²) in [6.07, 6.45) is -4.52. The molecule has 2 rings (SSSR count). The summed E-state index contributed by atoms with van der Waals surface area (Å²) in [7, 11) is 1.60. The van der Waals surface area contributed by atoms with E-state index in [1.165, 1.54) is 23.1 Å². The van der Waals surface area contributed by atoms with Crippen molar-refractivity contribution in [3.05, 3.63) is 65.7 Å². The fourth-order valence-corrected chi connectivity index (χ4v) is 2.24. The Morgan fingerprint density at radius 2 is 1.67 bits per heavy atom. The van der Waals surface area contributed by atoms with Crippen LogP contribution in [0.2, 0.25) is 0 Å². The van der Waals surface area contributed by atoms with Gasteiger partial charge in [-0.25, -0.2) is 0 Å². The molecule has 0 saturated heterocycles. The second-order valence-electron chi connectivity index (χ2n) is 5.37. The molecule has 0 bridgehead atoms. The molecule has 0 spiro atoms. The third-order valence-electron chi connectivity index (χ3n) is 3.80. The maximum Gasteiger partial charge on any atom is 0.419 e. The van der Waals surface area contributed by atoms with Gasteiger partial charge in [-0.05, 0) is 24.6 Å². The molecule has 0 aliphatic rings. The molecule has 24 heavy (non-hydrogen) atoms. The van der Waals surface area contributed by atoms with E-state index < -0.39 is 24.3 Å². The number of benzene rings is 2. The summed E-state index contributed by atoms with van der Waals surface area (Å²) in [5, 5.41) is 0. The van der Waals surface area contributed by atoms with Crippen LogP contribution in [0.3, 0.4) is 0 Å². The van der Waals surface area contributed by atoms with E-state index >= 15 is 0 Å². The summed E-state index contributed by atoms with van der Waals surface area (Å²) in [5.74, 6) is -0.748. The SMILES string of the molecule is CC(c1ccccc1)N(C)C(=O)COc1ccccc1C(F)(F)F. The van der Waals surface area contributed by atoms with Gasteiger partial charge in [0.2, 0.25) is 0 Å². The number of carbonyl (C=O) groups is 1. The average molecular weight is 337 g/mol. The first kappa shape index (κ1) is 17.8. The van der Waals surface area contributed by atoms with E-state index in [-0.39, 0.29) is 11.8 Å². The molecule has 0 aromatic heterocycles. The number of halogens is 3. The Hall–Kier alpha value is -2.50. The molecule has 2 aromatic rings. The summed E-state index contributed by atoms with van der Waals surface area (Å²) < 4.78 is 43.8. The maximum absolute atomic E-state index is 12.9. The van der Waals surface area contributed by atoms with Crippen molar-refractivity contribution < 1.29 is 22.7 Å². The highest BCUT2D eigenvalue weighted by molar-refractivity contribution is 5.78. The number of amides is 1. The second kappa shape index (κ2) is 7.38. The van der Waals surface area contributed by atoms with Gasteiger partial charge in [0.15, 0.2) is 6.61 Å². The molecular weight excluding hydrogens is 319 g/mol. The van der Waals surface area contributed by atoms with Crippen LogP contribution in [0.15, 0.2) is 54.6 Å². The largest absolute Gasteiger partial charge is 0.483 e. The van der Waals surface area contributed by atoms with Gasteiger partial charge in [0.05, 0.1) is 11.6 Å². The molecule has 1 unspecified atom stereocenters. The Kier molecular flexibility index (Phi) is 5.49. The topological polar surface area (TPSA) is 29.5 Å². The number of hydrogen-bond acceptors (Lipinski definition) is 2. The smallest absolute Gasteiger partial charge is 0.419 e. The lowest BCUT2D eigenvalue weighted by atomic mass is 10.1. The van der Waals surface area contributed by atoms with Gasteiger partial charge >= 0.3 is 6.18 Å². The molecule has 0 heterocycles. The van der Waals surface area contributed by atoms with Crippen molar-refractivity contribution in [3.63, 3.8) is 0 Å². The van der Waals surface area contributed by atoms with Crippen LogP contribution >= 0.6 is 0 Å². The van der Waals surface area contributed by atoms with E-state index in [0.717, 1.165) is 11.6 Å². The molecular formula is C18H18F3NO2. The number of nitrogens with zero attached hydrogens (tertiary/aromatic N) is 1. The molecule has 1 amide bonds. The van der Waals surface area contributed by atoms with Crippen molar-refractivity contribution in [1.29, 1.82) is 0 Å². The summed E-state index contributed by atoms with van der Waals surface area (Å²) in [5.41, 5.74) is 0.0422. The molecule has 3 nitrogen and oxygen atoms in total. The van der Waals surface area contributed by atoms with E-state index in [2.05, 4.69) is 0 Å². The molecule has 2 aromatic carbocycles. The van der Waals surface area contributed by atoms with Crippen LogP contribution in [0.25, 0.3) is 0 Å². The Bertz CT molecular complexity index is 686. The molecule has 0 N–H and O–H groups in total. The van der Waals surface area contributed by atoms with Gasteiger partial charge in [0.25, 0.3) is 5.91 Å². The Labute approximate surface area is 138 Å². The highest BCUT2D eigenvalue weighted by atomic mass is 19.4. The monoisotopic (exact) mass is 337 g/mol. The molecule has 0 radical (unpaired) electrons. The lowest BCUT2D eigenvalue weighted by Gasteiger charge is -2.25. The first-order valence-corrected chi connectivity index (χ1v) is 7.40. The summed E-state index contributed by atoms with van der Waals surface area (Å²) in [4.78, 5) is 13.7. The number of hydrogen-bond donors (Lipinski definition) is 0. The van der Waals surface area contributed by atoms with Gasteiger partial charge in [-0.2, -0.15) is 13.2 Å². The fraction of sp³-hybridized carbons (Fsp3) is 0.278. The lowest BCUT2D eigenvalue weighted by Crippen LogP contribution is -2.33. The quantitative estimate of drug-likeness (QED) is 0.814. The van der Waals surface area contributed by atoms with Crippen LogP contribution in [0.5, 0.6) is 5.75 Å². The van der Waals surface area contributed by atoms with E-state index in [4.69, 9.17) is 4.74 Å².